The van der Waals surface area contributed by atoms with Crippen molar-refractivity contribution in [2.45, 2.75) is 20.4 Å². The number of benzene rings is 1. The normalized spacial score (nSPS) is 10.4. The van der Waals surface area contributed by atoms with Crippen LogP contribution in [0.2, 0.25) is 0 Å². The fraction of sp³-hybridized carbons (Fsp3) is 0.267. The molecule has 0 aliphatic heterocycles. The molecular formula is C15H17N3O3. The number of carboxylic acids is 1. The number of aromatic nitrogens is 2. The molecule has 0 fully saturated rings. The quantitative estimate of drug-likeness (QED) is 0.881. The van der Waals surface area contributed by atoms with E-state index in [1.54, 1.807) is 4.90 Å². The molecule has 0 spiro atoms. The van der Waals surface area contributed by atoms with Gasteiger partial charge in [-0.2, -0.15) is 0 Å². The molecule has 0 unspecified atom stereocenters. The van der Waals surface area contributed by atoms with E-state index in [9.17, 15) is 9.59 Å². The van der Waals surface area contributed by atoms with Crippen LogP contribution >= 0.6 is 0 Å². The molecule has 0 atom stereocenters. The summed E-state index contributed by atoms with van der Waals surface area (Å²) in [5, 5.41) is 9.04. The number of H-pyrrole nitrogens is 1. The molecule has 0 bridgehead atoms. The largest absolute Gasteiger partial charge is 0.477 e. The summed E-state index contributed by atoms with van der Waals surface area (Å²) in [4.78, 5) is 31.4. The average molecular weight is 287 g/mol. The molecule has 2 aromatic rings. The van der Waals surface area contributed by atoms with Crippen LogP contribution in [-0.2, 0) is 6.54 Å². The zero-order valence-electron chi connectivity index (χ0n) is 12.0. The van der Waals surface area contributed by atoms with Crippen LogP contribution in [0.5, 0.6) is 0 Å². The van der Waals surface area contributed by atoms with E-state index in [0.717, 1.165) is 11.1 Å². The van der Waals surface area contributed by atoms with Gasteiger partial charge in [0.25, 0.3) is 5.91 Å². The number of aryl methyl sites for hydroxylation is 1. The number of rotatable bonds is 5. The average Bonchev–Trinajstić information content (AvgIpc) is 2.93. The first-order chi connectivity index (χ1) is 10.0. The van der Waals surface area contributed by atoms with Gasteiger partial charge in [0.05, 0.1) is 6.33 Å². The van der Waals surface area contributed by atoms with Gasteiger partial charge in [-0.25, -0.2) is 9.78 Å². The van der Waals surface area contributed by atoms with Gasteiger partial charge >= 0.3 is 5.97 Å². The van der Waals surface area contributed by atoms with Crippen molar-refractivity contribution in [2.24, 2.45) is 0 Å². The highest BCUT2D eigenvalue weighted by Gasteiger charge is 2.23. The van der Waals surface area contributed by atoms with Gasteiger partial charge in [0, 0.05) is 13.1 Å². The Morgan fingerprint density at radius 1 is 1.38 bits per heavy atom. The Labute approximate surface area is 122 Å². The minimum absolute atomic E-state index is 0.0583. The third kappa shape index (κ3) is 3.28. The molecule has 0 aliphatic rings. The van der Waals surface area contributed by atoms with E-state index in [1.165, 1.54) is 6.33 Å². The maximum absolute atomic E-state index is 12.4. The number of hydrogen-bond donors (Lipinski definition) is 2. The van der Waals surface area contributed by atoms with Crippen LogP contribution in [0.4, 0.5) is 0 Å². The Bertz CT molecular complexity index is 664. The Morgan fingerprint density at radius 2 is 2.14 bits per heavy atom. The Kier molecular flexibility index (Phi) is 4.37. The third-order valence-electron chi connectivity index (χ3n) is 3.18. The van der Waals surface area contributed by atoms with Crippen molar-refractivity contribution >= 4 is 11.9 Å². The number of hydrogen-bond acceptors (Lipinski definition) is 3. The van der Waals surface area contributed by atoms with Crippen LogP contribution in [0.15, 0.2) is 30.6 Å². The molecule has 0 saturated carbocycles. The Hall–Kier alpha value is -2.63. The monoisotopic (exact) mass is 287 g/mol. The van der Waals surface area contributed by atoms with Crippen molar-refractivity contribution in [3.05, 3.63) is 53.1 Å². The van der Waals surface area contributed by atoms with Gasteiger partial charge in [0.2, 0.25) is 0 Å². The minimum Gasteiger partial charge on any atom is -0.477 e. The van der Waals surface area contributed by atoms with Crippen LogP contribution in [0.25, 0.3) is 0 Å². The molecule has 6 heteroatoms. The van der Waals surface area contributed by atoms with Crippen molar-refractivity contribution in [1.82, 2.24) is 14.9 Å². The second-order valence-corrected chi connectivity index (χ2v) is 4.74. The fourth-order valence-electron chi connectivity index (χ4n) is 2.13. The number of aromatic amines is 1. The van der Waals surface area contributed by atoms with Crippen LogP contribution in [-0.4, -0.2) is 38.4 Å². The van der Waals surface area contributed by atoms with E-state index in [2.05, 4.69) is 9.97 Å². The highest BCUT2D eigenvalue weighted by atomic mass is 16.4. The molecule has 110 valence electrons. The molecule has 0 radical (unpaired) electrons. The molecule has 1 amide bonds. The van der Waals surface area contributed by atoms with Crippen molar-refractivity contribution in [2.75, 3.05) is 6.54 Å². The van der Waals surface area contributed by atoms with Crippen LogP contribution in [0.3, 0.4) is 0 Å². The van der Waals surface area contributed by atoms with Crippen LogP contribution in [0, 0.1) is 6.92 Å². The Balaban J connectivity index is 2.23. The summed E-state index contributed by atoms with van der Waals surface area (Å²) < 4.78 is 0. The molecule has 0 saturated heterocycles. The SMILES string of the molecule is CCN(Cc1cccc(C)c1)C(=O)c1nc[nH]c1C(=O)O. The predicted molar refractivity (Wildman–Crippen MR) is 77.1 cm³/mol. The summed E-state index contributed by atoms with van der Waals surface area (Å²) >= 11 is 0. The molecule has 2 rings (SSSR count). The first-order valence-corrected chi connectivity index (χ1v) is 6.64. The van der Waals surface area contributed by atoms with E-state index in [0.29, 0.717) is 13.1 Å². The summed E-state index contributed by atoms with van der Waals surface area (Å²) in [6, 6.07) is 7.85. The number of imidazole rings is 1. The highest BCUT2D eigenvalue weighted by molar-refractivity contribution is 6.02. The molecule has 2 N–H and O–H groups in total. The number of aromatic carboxylic acids is 1. The van der Waals surface area contributed by atoms with E-state index >= 15 is 0 Å². The first kappa shape index (κ1) is 14.8. The summed E-state index contributed by atoms with van der Waals surface area (Å²) in [6.07, 6.45) is 1.22. The summed E-state index contributed by atoms with van der Waals surface area (Å²) in [7, 11) is 0. The summed E-state index contributed by atoms with van der Waals surface area (Å²) in [6.45, 7) is 4.72. The maximum atomic E-state index is 12.4. The number of amides is 1. The molecule has 6 nitrogen and oxygen atoms in total. The molecule has 0 aliphatic carbocycles. The summed E-state index contributed by atoms with van der Waals surface area (Å²) in [5.41, 5.74) is 1.87. The summed E-state index contributed by atoms with van der Waals surface area (Å²) in [5.74, 6) is -1.58. The van der Waals surface area contributed by atoms with Gasteiger partial charge in [0.15, 0.2) is 11.4 Å². The van der Waals surface area contributed by atoms with Gasteiger partial charge in [-0.3, -0.25) is 4.79 Å². The number of carboxylic acid groups (broad SMARTS) is 1. The van der Waals surface area contributed by atoms with E-state index in [4.69, 9.17) is 5.11 Å². The lowest BCUT2D eigenvalue weighted by Gasteiger charge is -2.20. The Morgan fingerprint density at radius 3 is 2.76 bits per heavy atom. The predicted octanol–water partition coefficient (Wildman–Crippen LogP) is 2.08. The van der Waals surface area contributed by atoms with Gasteiger partial charge in [-0.15, -0.1) is 0 Å². The van der Waals surface area contributed by atoms with Gasteiger partial charge < -0.3 is 15.0 Å². The smallest absolute Gasteiger partial charge is 0.354 e. The van der Waals surface area contributed by atoms with E-state index in [-0.39, 0.29) is 11.4 Å². The molecule has 21 heavy (non-hydrogen) atoms. The van der Waals surface area contributed by atoms with Gasteiger partial charge in [-0.05, 0) is 19.4 Å². The zero-order valence-corrected chi connectivity index (χ0v) is 12.0. The zero-order chi connectivity index (χ0) is 15.4. The lowest BCUT2D eigenvalue weighted by molar-refractivity contribution is 0.0667. The molecule has 1 aromatic carbocycles. The van der Waals surface area contributed by atoms with Gasteiger partial charge in [0.1, 0.15) is 0 Å². The molecule has 1 aromatic heterocycles. The standard InChI is InChI=1S/C15H17N3O3/c1-3-18(8-11-6-4-5-10(2)7-11)14(19)12-13(15(20)21)17-9-16-12/h4-7,9H,3,8H2,1-2H3,(H,16,17)(H,20,21). The topological polar surface area (TPSA) is 86.3 Å². The van der Waals surface area contributed by atoms with Crippen molar-refractivity contribution in [3.63, 3.8) is 0 Å². The number of carbonyl (C=O) groups is 2. The number of nitrogens with zero attached hydrogens (tertiary/aromatic N) is 2. The lowest BCUT2D eigenvalue weighted by Crippen LogP contribution is -2.31. The number of carbonyl (C=O) groups excluding carboxylic acids is 1. The lowest BCUT2D eigenvalue weighted by atomic mass is 10.1. The second kappa shape index (κ2) is 6.21. The third-order valence-corrected chi connectivity index (χ3v) is 3.18. The molecular weight excluding hydrogens is 270 g/mol. The van der Waals surface area contributed by atoms with Crippen LogP contribution in [0.1, 0.15) is 39.0 Å². The van der Waals surface area contributed by atoms with Crippen molar-refractivity contribution in [3.8, 4) is 0 Å². The van der Waals surface area contributed by atoms with Crippen LogP contribution < -0.4 is 0 Å². The highest BCUT2D eigenvalue weighted by Crippen LogP contribution is 2.12. The maximum Gasteiger partial charge on any atom is 0.354 e. The second-order valence-electron chi connectivity index (χ2n) is 4.74. The van der Waals surface area contributed by atoms with Gasteiger partial charge in [-0.1, -0.05) is 29.8 Å². The molecule has 1 heterocycles. The number of nitrogens with one attached hydrogen (secondary N) is 1. The van der Waals surface area contributed by atoms with Crippen molar-refractivity contribution < 1.29 is 14.7 Å². The fourth-order valence-corrected chi connectivity index (χ4v) is 2.13. The minimum atomic E-state index is -1.19. The van der Waals surface area contributed by atoms with Crippen molar-refractivity contribution in [1.29, 1.82) is 0 Å². The van der Waals surface area contributed by atoms with E-state index in [1.807, 2.05) is 38.1 Å². The van der Waals surface area contributed by atoms with E-state index < -0.39 is 11.9 Å². The first-order valence-electron chi connectivity index (χ1n) is 6.64.